The van der Waals surface area contributed by atoms with Crippen molar-refractivity contribution in [2.75, 3.05) is 11.1 Å². The summed E-state index contributed by atoms with van der Waals surface area (Å²) in [6.45, 7) is 3.96. The van der Waals surface area contributed by atoms with E-state index in [-0.39, 0.29) is 11.7 Å². The van der Waals surface area contributed by atoms with Crippen molar-refractivity contribution in [1.82, 2.24) is 0 Å². The molecule has 2 aromatic carbocycles. The Balaban J connectivity index is 1.95. The number of rotatable bonds is 4. The first-order valence-corrected chi connectivity index (χ1v) is 6.90. The van der Waals surface area contributed by atoms with Gasteiger partial charge in [-0.25, -0.2) is 0 Å². The molecule has 0 saturated heterocycles. The van der Waals surface area contributed by atoms with Gasteiger partial charge in [0.15, 0.2) is 0 Å². The highest BCUT2D eigenvalue weighted by atomic mass is 16.3. The lowest BCUT2D eigenvalue weighted by Gasteiger charge is -2.09. The number of hydrogen-bond acceptors (Lipinski definition) is 3. The number of aromatic hydroxyl groups is 1. The van der Waals surface area contributed by atoms with Crippen LogP contribution in [0.5, 0.6) is 5.75 Å². The minimum atomic E-state index is -0.0321. The lowest BCUT2D eigenvalue weighted by molar-refractivity contribution is -0.116. The van der Waals surface area contributed by atoms with Crippen LogP contribution in [0.1, 0.15) is 23.1 Å². The maximum atomic E-state index is 12.0. The molecule has 1 amide bonds. The Morgan fingerprint density at radius 2 is 1.95 bits per heavy atom. The SMILES string of the molecule is Cc1ccc(C)c(NC(=O)CCc2ccc(O)c(N)c2)c1. The predicted octanol–water partition coefficient (Wildman–Crippen LogP) is 3.16. The molecule has 4 N–H and O–H groups in total. The van der Waals surface area contributed by atoms with Crippen LogP contribution in [0.3, 0.4) is 0 Å². The highest BCUT2D eigenvalue weighted by Crippen LogP contribution is 2.21. The summed E-state index contributed by atoms with van der Waals surface area (Å²) in [4.78, 5) is 12.0. The van der Waals surface area contributed by atoms with E-state index in [0.29, 0.717) is 18.5 Å². The molecule has 21 heavy (non-hydrogen) atoms. The second-order valence-corrected chi connectivity index (χ2v) is 5.26. The van der Waals surface area contributed by atoms with Gasteiger partial charge in [0.2, 0.25) is 5.91 Å². The Kier molecular flexibility index (Phi) is 4.48. The molecule has 0 heterocycles. The topological polar surface area (TPSA) is 75.3 Å². The number of anilines is 2. The summed E-state index contributed by atoms with van der Waals surface area (Å²) in [6.07, 6.45) is 0.957. The van der Waals surface area contributed by atoms with Crippen molar-refractivity contribution in [3.63, 3.8) is 0 Å². The van der Waals surface area contributed by atoms with Crippen molar-refractivity contribution in [2.24, 2.45) is 0 Å². The van der Waals surface area contributed by atoms with Gasteiger partial charge in [0.05, 0.1) is 5.69 Å². The van der Waals surface area contributed by atoms with Crippen LogP contribution in [-0.4, -0.2) is 11.0 Å². The zero-order chi connectivity index (χ0) is 15.4. The number of phenols is 1. The molecule has 0 aliphatic heterocycles. The van der Waals surface area contributed by atoms with Gasteiger partial charge in [-0.1, -0.05) is 18.2 Å². The molecule has 0 bridgehead atoms. The standard InChI is InChI=1S/C17H20N2O2/c1-11-3-4-12(2)15(9-11)19-17(21)8-6-13-5-7-16(20)14(18)10-13/h3-5,7,9-10,20H,6,8,18H2,1-2H3,(H,19,21). The molecule has 0 aliphatic carbocycles. The van der Waals surface area contributed by atoms with Crippen molar-refractivity contribution in [1.29, 1.82) is 0 Å². The maximum absolute atomic E-state index is 12.0. The van der Waals surface area contributed by atoms with E-state index in [1.165, 1.54) is 0 Å². The molecule has 0 spiro atoms. The van der Waals surface area contributed by atoms with E-state index in [4.69, 9.17) is 5.73 Å². The predicted molar refractivity (Wildman–Crippen MR) is 85.4 cm³/mol. The molecular formula is C17H20N2O2. The van der Waals surface area contributed by atoms with Gasteiger partial charge in [-0.05, 0) is 55.2 Å². The van der Waals surface area contributed by atoms with Crippen LogP contribution in [-0.2, 0) is 11.2 Å². The molecule has 2 rings (SSSR count). The van der Waals surface area contributed by atoms with Crippen molar-refractivity contribution in [2.45, 2.75) is 26.7 Å². The van der Waals surface area contributed by atoms with E-state index in [1.807, 2.05) is 32.0 Å². The number of phenolic OH excluding ortho intramolecular Hbond substituents is 1. The van der Waals surface area contributed by atoms with Gasteiger partial charge in [0, 0.05) is 12.1 Å². The molecule has 0 aromatic heterocycles. The fourth-order valence-electron chi connectivity index (χ4n) is 2.10. The molecule has 4 heteroatoms. The molecule has 110 valence electrons. The zero-order valence-corrected chi connectivity index (χ0v) is 12.3. The highest BCUT2D eigenvalue weighted by molar-refractivity contribution is 5.91. The van der Waals surface area contributed by atoms with Crippen LogP contribution in [0.2, 0.25) is 0 Å². The summed E-state index contributed by atoms with van der Waals surface area (Å²) in [5.74, 6) is 0.0360. The Morgan fingerprint density at radius 3 is 2.67 bits per heavy atom. The number of nitrogens with two attached hydrogens (primary N) is 1. The summed E-state index contributed by atoms with van der Waals surface area (Å²) in [5, 5.41) is 12.3. The molecule has 2 aromatic rings. The third-order valence-electron chi connectivity index (χ3n) is 3.40. The van der Waals surface area contributed by atoms with E-state index in [2.05, 4.69) is 5.32 Å². The normalized spacial score (nSPS) is 10.4. The first-order valence-electron chi connectivity index (χ1n) is 6.90. The van der Waals surface area contributed by atoms with Gasteiger partial charge < -0.3 is 16.2 Å². The monoisotopic (exact) mass is 284 g/mol. The van der Waals surface area contributed by atoms with E-state index < -0.39 is 0 Å². The van der Waals surface area contributed by atoms with Crippen LogP contribution in [0, 0.1) is 13.8 Å². The van der Waals surface area contributed by atoms with Gasteiger partial charge in [0.25, 0.3) is 0 Å². The van der Waals surface area contributed by atoms with Gasteiger partial charge in [-0.2, -0.15) is 0 Å². The van der Waals surface area contributed by atoms with Crippen LogP contribution in [0.25, 0.3) is 0 Å². The third-order valence-corrected chi connectivity index (χ3v) is 3.40. The van der Waals surface area contributed by atoms with Gasteiger partial charge in [-0.3, -0.25) is 4.79 Å². The lowest BCUT2D eigenvalue weighted by atomic mass is 10.1. The number of carbonyl (C=O) groups is 1. The zero-order valence-electron chi connectivity index (χ0n) is 12.3. The van der Waals surface area contributed by atoms with Crippen molar-refractivity contribution < 1.29 is 9.90 Å². The average Bonchev–Trinajstić information content (AvgIpc) is 2.44. The molecule has 0 unspecified atom stereocenters. The summed E-state index contributed by atoms with van der Waals surface area (Å²) in [6, 6.07) is 11.0. The Labute approximate surface area is 124 Å². The molecule has 4 nitrogen and oxygen atoms in total. The van der Waals surface area contributed by atoms with Crippen LogP contribution in [0.4, 0.5) is 11.4 Å². The molecule has 0 atom stereocenters. The molecule has 0 fully saturated rings. The van der Waals surface area contributed by atoms with Crippen LogP contribution < -0.4 is 11.1 Å². The van der Waals surface area contributed by atoms with Crippen LogP contribution >= 0.6 is 0 Å². The minimum absolute atomic E-state index is 0.0321. The second kappa shape index (κ2) is 6.31. The average molecular weight is 284 g/mol. The van der Waals surface area contributed by atoms with Gasteiger partial charge >= 0.3 is 0 Å². The maximum Gasteiger partial charge on any atom is 0.224 e. The first kappa shape index (κ1) is 14.9. The van der Waals surface area contributed by atoms with Crippen molar-refractivity contribution >= 4 is 17.3 Å². The van der Waals surface area contributed by atoms with E-state index in [1.54, 1.807) is 18.2 Å². The Morgan fingerprint density at radius 1 is 1.19 bits per heavy atom. The Hall–Kier alpha value is -2.49. The van der Waals surface area contributed by atoms with E-state index >= 15 is 0 Å². The summed E-state index contributed by atoms with van der Waals surface area (Å²) < 4.78 is 0. The fourth-order valence-corrected chi connectivity index (χ4v) is 2.10. The quantitative estimate of drug-likeness (QED) is 0.596. The van der Waals surface area contributed by atoms with Crippen molar-refractivity contribution in [3.05, 3.63) is 53.1 Å². The largest absolute Gasteiger partial charge is 0.506 e. The third kappa shape index (κ3) is 3.99. The van der Waals surface area contributed by atoms with Gasteiger partial charge in [0.1, 0.15) is 5.75 Å². The van der Waals surface area contributed by atoms with E-state index in [0.717, 1.165) is 22.4 Å². The summed E-state index contributed by atoms with van der Waals surface area (Å²) in [7, 11) is 0. The number of hydrogen-bond donors (Lipinski definition) is 3. The number of benzene rings is 2. The summed E-state index contributed by atoms with van der Waals surface area (Å²) in [5.41, 5.74) is 9.91. The fraction of sp³-hybridized carbons (Fsp3) is 0.235. The molecule has 0 radical (unpaired) electrons. The first-order chi connectivity index (χ1) is 9.95. The number of aryl methyl sites for hydroxylation is 3. The highest BCUT2D eigenvalue weighted by Gasteiger charge is 2.06. The van der Waals surface area contributed by atoms with E-state index in [9.17, 15) is 9.90 Å². The van der Waals surface area contributed by atoms with Crippen molar-refractivity contribution in [3.8, 4) is 5.75 Å². The number of nitrogen functional groups attached to an aromatic ring is 1. The second-order valence-electron chi connectivity index (χ2n) is 5.26. The molecule has 0 aliphatic rings. The smallest absolute Gasteiger partial charge is 0.224 e. The minimum Gasteiger partial charge on any atom is -0.506 e. The van der Waals surface area contributed by atoms with Gasteiger partial charge in [-0.15, -0.1) is 0 Å². The van der Waals surface area contributed by atoms with Crippen LogP contribution in [0.15, 0.2) is 36.4 Å². The lowest BCUT2D eigenvalue weighted by Crippen LogP contribution is -2.13. The number of nitrogens with one attached hydrogen (secondary N) is 1. The summed E-state index contributed by atoms with van der Waals surface area (Å²) >= 11 is 0. The Bertz CT molecular complexity index is 666. The number of amides is 1. The molecule has 0 saturated carbocycles. The molecular weight excluding hydrogens is 264 g/mol. The number of carbonyl (C=O) groups excluding carboxylic acids is 1.